The van der Waals surface area contributed by atoms with E-state index in [1.807, 2.05) is 45.0 Å². The van der Waals surface area contributed by atoms with Gasteiger partial charge in [0.2, 0.25) is 5.91 Å². The first-order valence-corrected chi connectivity index (χ1v) is 9.04. The summed E-state index contributed by atoms with van der Waals surface area (Å²) in [4.78, 5) is 11.9. The third-order valence-corrected chi connectivity index (χ3v) is 4.30. The number of hydrazone groups is 1. The number of halogens is 1. The Balaban J connectivity index is 1.78. The van der Waals surface area contributed by atoms with Gasteiger partial charge < -0.3 is 4.74 Å². The molecule has 2 rings (SSSR count). The van der Waals surface area contributed by atoms with E-state index < -0.39 is 0 Å². The molecule has 0 radical (unpaired) electrons. The van der Waals surface area contributed by atoms with Crippen LogP contribution in [0.4, 0.5) is 0 Å². The van der Waals surface area contributed by atoms with Crippen molar-refractivity contribution in [3.63, 3.8) is 0 Å². The molecule has 0 saturated heterocycles. The van der Waals surface area contributed by atoms with Crippen molar-refractivity contribution in [1.29, 1.82) is 0 Å². The molecular formula is C21H25ClN2O2. The highest BCUT2D eigenvalue weighted by molar-refractivity contribution is 6.30. The first-order chi connectivity index (χ1) is 12.4. The average molecular weight is 373 g/mol. The monoisotopic (exact) mass is 372 g/mol. The van der Waals surface area contributed by atoms with Crippen LogP contribution in [-0.4, -0.2) is 18.2 Å². The zero-order chi connectivity index (χ0) is 19.1. The molecule has 5 heteroatoms. The quantitative estimate of drug-likeness (QED) is 0.424. The number of carbonyl (C=O) groups excluding carboxylic acids is 1. The Labute approximate surface area is 160 Å². The van der Waals surface area contributed by atoms with Gasteiger partial charge in [0.15, 0.2) is 0 Å². The van der Waals surface area contributed by atoms with Crippen LogP contribution in [0.15, 0.2) is 41.5 Å². The number of benzene rings is 2. The molecule has 0 unspecified atom stereocenters. The molecule has 0 atom stereocenters. The van der Waals surface area contributed by atoms with Crippen molar-refractivity contribution < 1.29 is 9.53 Å². The maximum absolute atomic E-state index is 11.9. The lowest BCUT2D eigenvalue weighted by atomic mass is 10.0. The molecule has 0 bridgehead atoms. The maximum Gasteiger partial charge on any atom is 0.240 e. The second-order valence-electron chi connectivity index (χ2n) is 6.41. The second kappa shape index (κ2) is 9.39. The van der Waals surface area contributed by atoms with Crippen molar-refractivity contribution in [2.75, 3.05) is 6.61 Å². The fourth-order valence-corrected chi connectivity index (χ4v) is 2.90. The standard InChI is InChI=1S/C21H25ClN2O2/c1-14-7-9-19(15(2)12-14)17(4)23-24-21(25)6-5-11-26-20-10-8-18(22)13-16(20)3/h7-10,12-13H,5-6,11H2,1-4H3,(H,24,25). The first kappa shape index (κ1) is 20.0. The molecule has 138 valence electrons. The van der Waals surface area contributed by atoms with E-state index in [9.17, 15) is 4.79 Å². The van der Waals surface area contributed by atoms with Gasteiger partial charge in [-0.25, -0.2) is 5.43 Å². The van der Waals surface area contributed by atoms with Crippen LogP contribution in [0.3, 0.4) is 0 Å². The number of rotatable bonds is 7. The van der Waals surface area contributed by atoms with Crippen LogP contribution in [0, 0.1) is 20.8 Å². The predicted molar refractivity (Wildman–Crippen MR) is 107 cm³/mol. The molecule has 0 saturated carbocycles. The van der Waals surface area contributed by atoms with Crippen LogP contribution < -0.4 is 10.2 Å². The number of nitrogens with zero attached hydrogens (tertiary/aromatic N) is 1. The zero-order valence-electron chi connectivity index (χ0n) is 15.7. The van der Waals surface area contributed by atoms with E-state index in [0.29, 0.717) is 24.5 Å². The molecule has 2 aromatic rings. The smallest absolute Gasteiger partial charge is 0.240 e. The summed E-state index contributed by atoms with van der Waals surface area (Å²) in [6.45, 7) is 8.40. The molecule has 0 aliphatic carbocycles. The lowest BCUT2D eigenvalue weighted by Crippen LogP contribution is -2.20. The Kier molecular flexibility index (Phi) is 7.22. The van der Waals surface area contributed by atoms with Gasteiger partial charge in [-0.15, -0.1) is 0 Å². The molecule has 0 aliphatic rings. The van der Waals surface area contributed by atoms with Crippen molar-refractivity contribution in [3.05, 3.63) is 63.7 Å². The van der Waals surface area contributed by atoms with E-state index in [0.717, 1.165) is 28.2 Å². The molecule has 1 N–H and O–H groups in total. The van der Waals surface area contributed by atoms with Gasteiger partial charge in [0.05, 0.1) is 12.3 Å². The Hall–Kier alpha value is -2.33. The van der Waals surface area contributed by atoms with Crippen LogP contribution in [-0.2, 0) is 4.79 Å². The number of hydrogen-bond acceptors (Lipinski definition) is 3. The summed E-state index contributed by atoms with van der Waals surface area (Å²) in [6.07, 6.45) is 0.975. The van der Waals surface area contributed by atoms with Gasteiger partial charge in [-0.3, -0.25) is 4.79 Å². The summed E-state index contributed by atoms with van der Waals surface area (Å²) in [7, 11) is 0. The minimum Gasteiger partial charge on any atom is -0.493 e. The molecular weight excluding hydrogens is 348 g/mol. The maximum atomic E-state index is 11.9. The minimum atomic E-state index is -0.120. The van der Waals surface area contributed by atoms with Crippen molar-refractivity contribution in [3.8, 4) is 5.75 Å². The number of ether oxygens (including phenoxy) is 1. The zero-order valence-corrected chi connectivity index (χ0v) is 16.5. The Bertz CT molecular complexity index is 816. The van der Waals surface area contributed by atoms with Gasteiger partial charge in [0, 0.05) is 17.0 Å². The summed E-state index contributed by atoms with van der Waals surface area (Å²) >= 11 is 5.92. The van der Waals surface area contributed by atoms with Crippen LogP contribution >= 0.6 is 11.6 Å². The van der Waals surface area contributed by atoms with Crippen LogP contribution in [0.5, 0.6) is 5.75 Å². The number of hydrogen-bond donors (Lipinski definition) is 1. The molecule has 0 aromatic heterocycles. The van der Waals surface area contributed by atoms with Crippen LogP contribution in [0.2, 0.25) is 5.02 Å². The lowest BCUT2D eigenvalue weighted by Gasteiger charge is -2.09. The van der Waals surface area contributed by atoms with Gasteiger partial charge in [0.1, 0.15) is 5.75 Å². The summed E-state index contributed by atoms with van der Waals surface area (Å²) < 4.78 is 5.69. The molecule has 0 aliphatic heterocycles. The molecule has 0 heterocycles. The number of carbonyl (C=O) groups is 1. The summed E-state index contributed by atoms with van der Waals surface area (Å²) in [6, 6.07) is 11.7. The minimum absolute atomic E-state index is 0.120. The lowest BCUT2D eigenvalue weighted by molar-refractivity contribution is -0.121. The molecule has 2 aromatic carbocycles. The first-order valence-electron chi connectivity index (χ1n) is 8.66. The topological polar surface area (TPSA) is 50.7 Å². The Morgan fingerprint density at radius 1 is 1.12 bits per heavy atom. The average Bonchev–Trinajstić information content (AvgIpc) is 2.58. The predicted octanol–water partition coefficient (Wildman–Crippen LogP) is 4.96. The van der Waals surface area contributed by atoms with Crippen molar-refractivity contribution in [2.24, 2.45) is 5.10 Å². The summed E-state index contributed by atoms with van der Waals surface area (Å²) in [5.74, 6) is 0.670. The van der Waals surface area contributed by atoms with Gasteiger partial charge in [-0.2, -0.15) is 5.10 Å². The number of amides is 1. The third kappa shape index (κ3) is 5.88. The van der Waals surface area contributed by atoms with Crippen LogP contribution in [0.25, 0.3) is 0 Å². The second-order valence-corrected chi connectivity index (χ2v) is 6.85. The fourth-order valence-electron chi connectivity index (χ4n) is 2.67. The van der Waals surface area contributed by atoms with Gasteiger partial charge >= 0.3 is 0 Å². The van der Waals surface area contributed by atoms with Crippen molar-refractivity contribution >= 4 is 23.2 Å². The van der Waals surface area contributed by atoms with E-state index >= 15 is 0 Å². The molecule has 4 nitrogen and oxygen atoms in total. The SMILES string of the molecule is CC(=NNC(=O)CCCOc1ccc(Cl)cc1C)c1ccc(C)cc1C. The third-order valence-electron chi connectivity index (χ3n) is 4.06. The number of nitrogens with one attached hydrogen (secondary N) is 1. The highest BCUT2D eigenvalue weighted by Crippen LogP contribution is 2.21. The van der Waals surface area contributed by atoms with Crippen molar-refractivity contribution in [2.45, 2.75) is 40.5 Å². The molecule has 0 fully saturated rings. The van der Waals surface area contributed by atoms with E-state index in [2.05, 4.69) is 23.5 Å². The fraction of sp³-hybridized carbons (Fsp3) is 0.333. The van der Waals surface area contributed by atoms with Gasteiger partial charge in [-0.05, 0) is 63.4 Å². The van der Waals surface area contributed by atoms with E-state index in [-0.39, 0.29) is 5.91 Å². The molecule has 0 spiro atoms. The summed E-state index contributed by atoms with van der Waals surface area (Å²) in [5.41, 5.74) is 7.79. The van der Waals surface area contributed by atoms with E-state index in [4.69, 9.17) is 16.3 Å². The largest absolute Gasteiger partial charge is 0.493 e. The normalized spacial score (nSPS) is 11.3. The number of aryl methyl sites for hydroxylation is 3. The van der Waals surface area contributed by atoms with Crippen LogP contribution in [0.1, 0.15) is 42.0 Å². The van der Waals surface area contributed by atoms with E-state index in [1.54, 1.807) is 6.07 Å². The highest BCUT2D eigenvalue weighted by atomic mass is 35.5. The molecule has 1 amide bonds. The summed E-state index contributed by atoms with van der Waals surface area (Å²) in [5, 5.41) is 4.89. The molecule has 26 heavy (non-hydrogen) atoms. The Morgan fingerprint density at radius 3 is 2.58 bits per heavy atom. The van der Waals surface area contributed by atoms with Gasteiger partial charge in [0.25, 0.3) is 0 Å². The van der Waals surface area contributed by atoms with E-state index in [1.165, 1.54) is 5.56 Å². The van der Waals surface area contributed by atoms with Crippen molar-refractivity contribution in [1.82, 2.24) is 5.43 Å². The Morgan fingerprint density at radius 2 is 1.88 bits per heavy atom. The van der Waals surface area contributed by atoms with Gasteiger partial charge in [-0.1, -0.05) is 35.4 Å². The highest BCUT2D eigenvalue weighted by Gasteiger charge is 2.05.